The number of hydrogen-bond donors (Lipinski definition) is 1. The van der Waals surface area contributed by atoms with Gasteiger partial charge in [0.1, 0.15) is 4.90 Å². The predicted molar refractivity (Wildman–Crippen MR) is 62.4 cm³/mol. The number of pyridine rings is 1. The number of alkyl halides is 1. The first-order valence-corrected chi connectivity index (χ1v) is 6.98. The van der Waals surface area contributed by atoms with Crippen LogP contribution in [0.1, 0.15) is 19.4 Å². The Bertz CT molecular complexity index is 457. The molecule has 0 atom stereocenters. The minimum Gasteiger partial charge on any atom is -0.263 e. The Kier molecular flexibility index (Phi) is 3.52. The molecule has 0 aliphatic heterocycles. The van der Waals surface area contributed by atoms with Crippen molar-refractivity contribution in [2.24, 2.45) is 5.14 Å². The van der Waals surface area contributed by atoms with Crippen LogP contribution in [0.3, 0.4) is 0 Å². The van der Waals surface area contributed by atoms with Gasteiger partial charge in [0.25, 0.3) is 0 Å². The van der Waals surface area contributed by atoms with Crippen molar-refractivity contribution in [1.82, 2.24) is 4.98 Å². The fraction of sp³-hybridized carbons (Fsp3) is 0.444. The maximum absolute atomic E-state index is 11.1. The van der Waals surface area contributed by atoms with Gasteiger partial charge in [-0.2, -0.15) is 0 Å². The van der Waals surface area contributed by atoms with Gasteiger partial charge in [-0.25, -0.2) is 13.6 Å². The molecule has 1 aromatic rings. The van der Waals surface area contributed by atoms with Crippen molar-refractivity contribution in [1.29, 1.82) is 0 Å². The second-order valence-corrected chi connectivity index (χ2v) is 6.09. The van der Waals surface area contributed by atoms with Gasteiger partial charge in [0.05, 0.1) is 0 Å². The van der Waals surface area contributed by atoms with Gasteiger partial charge in [0.2, 0.25) is 10.0 Å². The van der Waals surface area contributed by atoms with E-state index in [0.717, 1.165) is 10.9 Å². The van der Waals surface area contributed by atoms with Gasteiger partial charge in [-0.1, -0.05) is 29.8 Å². The van der Waals surface area contributed by atoms with Crippen molar-refractivity contribution in [2.45, 2.75) is 24.2 Å². The molecule has 1 aromatic heterocycles. The van der Waals surface area contributed by atoms with Crippen molar-refractivity contribution in [3.8, 4) is 0 Å². The Balaban J connectivity index is 3.26. The van der Waals surface area contributed by atoms with Gasteiger partial charge in [0.15, 0.2) is 0 Å². The van der Waals surface area contributed by atoms with E-state index < -0.39 is 10.0 Å². The fourth-order valence-electron chi connectivity index (χ4n) is 1.02. The molecule has 4 nitrogen and oxygen atoms in total. The van der Waals surface area contributed by atoms with E-state index >= 15 is 0 Å². The highest BCUT2D eigenvalue weighted by molar-refractivity contribution is 9.09. The smallest absolute Gasteiger partial charge is 0.239 e. The number of aromatic nitrogens is 1. The molecule has 0 aromatic carbocycles. The molecule has 84 valence electrons. The van der Waals surface area contributed by atoms with Gasteiger partial charge in [-0.05, 0) is 11.6 Å². The van der Waals surface area contributed by atoms with Crippen LogP contribution in [0.4, 0.5) is 0 Å². The fourth-order valence-corrected chi connectivity index (χ4v) is 1.84. The molecule has 1 rings (SSSR count). The maximum atomic E-state index is 11.1. The summed E-state index contributed by atoms with van der Waals surface area (Å²) in [5.74, 6) is 0. The molecular weight excluding hydrogens is 280 g/mol. The highest BCUT2D eigenvalue weighted by Gasteiger charge is 2.21. The van der Waals surface area contributed by atoms with Crippen LogP contribution in [0.15, 0.2) is 23.4 Å². The van der Waals surface area contributed by atoms with E-state index in [4.69, 9.17) is 5.14 Å². The zero-order valence-corrected chi connectivity index (χ0v) is 11.0. The summed E-state index contributed by atoms with van der Waals surface area (Å²) < 4.78 is 22.3. The van der Waals surface area contributed by atoms with E-state index in [1.165, 1.54) is 6.20 Å². The van der Waals surface area contributed by atoms with Crippen molar-refractivity contribution in [3.63, 3.8) is 0 Å². The van der Waals surface area contributed by atoms with Crippen molar-refractivity contribution in [2.75, 3.05) is 5.33 Å². The van der Waals surface area contributed by atoms with E-state index in [0.29, 0.717) is 0 Å². The monoisotopic (exact) mass is 292 g/mol. The van der Waals surface area contributed by atoms with Gasteiger partial charge in [-0.15, -0.1) is 0 Å². The summed E-state index contributed by atoms with van der Waals surface area (Å²) in [5.41, 5.74) is 0.666. The quantitative estimate of drug-likeness (QED) is 0.856. The van der Waals surface area contributed by atoms with Crippen LogP contribution in [-0.4, -0.2) is 18.7 Å². The molecule has 0 aliphatic rings. The predicted octanol–water partition coefficient (Wildman–Crippen LogP) is 1.40. The molecule has 0 bridgehead atoms. The van der Waals surface area contributed by atoms with E-state index in [1.54, 1.807) is 12.3 Å². The van der Waals surface area contributed by atoms with E-state index in [1.807, 2.05) is 13.8 Å². The van der Waals surface area contributed by atoms with Crippen LogP contribution in [0.2, 0.25) is 0 Å². The van der Waals surface area contributed by atoms with E-state index in [2.05, 4.69) is 20.9 Å². The molecule has 15 heavy (non-hydrogen) atoms. The molecule has 0 radical (unpaired) electrons. The third-order valence-electron chi connectivity index (χ3n) is 2.16. The van der Waals surface area contributed by atoms with Crippen molar-refractivity contribution < 1.29 is 8.42 Å². The summed E-state index contributed by atoms with van der Waals surface area (Å²) in [5, 5.41) is 5.75. The Morgan fingerprint density at radius 3 is 2.53 bits per heavy atom. The first kappa shape index (κ1) is 12.6. The zero-order valence-electron chi connectivity index (χ0n) is 8.57. The van der Waals surface area contributed by atoms with Crippen molar-refractivity contribution in [3.05, 3.63) is 24.0 Å². The summed E-state index contributed by atoms with van der Waals surface area (Å²) in [6.07, 6.45) is 2.90. The number of primary sulfonamides is 1. The Hall–Kier alpha value is -0.460. The minimum absolute atomic E-state index is 0.0500. The third-order valence-corrected chi connectivity index (χ3v) is 4.44. The first-order chi connectivity index (χ1) is 6.77. The second-order valence-electron chi connectivity index (χ2n) is 3.97. The number of hydrogen-bond acceptors (Lipinski definition) is 3. The maximum Gasteiger partial charge on any atom is 0.239 e. The number of rotatable bonds is 3. The number of halogens is 1. The van der Waals surface area contributed by atoms with Crippen LogP contribution in [-0.2, 0) is 15.4 Å². The van der Waals surface area contributed by atoms with Gasteiger partial charge in [0, 0.05) is 23.1 Å². The molecule has 0 fully saturated rings. The molecule has 2 N–H and O–H groups in total. The molecular formula is C9H13BrN2O2S. The topological polar surface area (TPSA) is 73.0 Å². The van der Waals surface area contributed by atoms with Crippen LogP contribution in [0, 0.1) is 0 Å². The van der Waals surface area contributed by atoms with E-state index in [-0.39, 0.29) is 10.3 Å². The average Bonchev–Trinajstić information content (AvgIpc) is 2.17. The SMILES string of the molecule is CC(C)(CBr)c1cncc(S(N)(=O)=O)c1. The number of nitrogens with zero attached hydrogens (tertiary/aromatic N) is 1. The molecule has 0 aliphatic carbocycles. The minimum atomic E-state index is -3.67. The largest absolute Gasteiger partial charge is 0.263 e. The summed E-state index contributed by atoms with van der Waals surface area (Å²) in [4.78, 5) is 3.94. The highest BCUT2D eigenvalue weighted by atomic mass is 79.9. The van der Waals surface area contributed by atoms with Crippen LogP contribution < -0.4 is 5.14 Å². The standard InChI is InChI=1S/C9H13BrN2O2S/c1-9(2,6-10)7-3-8(5-12-4-7)15(11,13)14/h3-5H,6H2,1-2H3,(H2,11,13,14). The lowest BCUT2D eigenvalue weighted by Crippen LogP contribution is -2.20. The normalized spacial score (nSPS) is 12.8. The highest BCUT2D eigenvalue weighted by Crippen LogP contribution is 2.25. The van der Waals surface area contributed by atoms with Gasteiger partial charge in [-0.3, -0.25) is 4.98 Å². The van der Waals surface area contributed by atoms with E-state index in [9.17, 15) is 8.42 Å². The van der Waals surface area contributed by atoms with Crippen molar-refractivity contribution >= 4 is 26.0 Å². The lowest BCUT2D eigenvalue weighted by molar-refractivity contribution is 0.590. The lowest BCUT2D eigenvalue weighted by Gasteiger charge is -2.21. The van der Waals surface area contributed by atoms with Crippen LogP contribution in [0.5, 0.6) is 0 Å². The Labute approximate surface area is 98.1 Å². The molecule has 0 saturated heterocycles. The third kappa shape index (κ3) is 2.99. The molecule has 6 heteroatoms. The Morgan fingerprint density at radius 1 is 1.47 bits per heavy atom. The Morgan fingerprint density at radius 2 is 2.07 bits per heavy atom. The second kappa shape index (κ2) is 4.19. The van der Waals surface area contributed by atoms with Crippen LogP contribution >= 0.6 is 15.9 Å². The lowest BCUT2D eigenvalue weighted by atomic mass is 9.88. The zero-order chi connectivity index (χ0) is 11.7. The van der Waals surface area contributed by atoms with Gasteiger partial charge >= 0.3 is 0 Å². The molecule has 0 amide bonds. The molecule has 0 spiro atoms. The first-order valence-electron chi connectivity index (χ1n) is 4.32. The molecule has 1 heterocycles. The summed E-state index contributed by atoms with van der Waals surface area (Å²) in [6, 6.07) is 1.56. The molecule has 0 saturated carbocycles. The average molecular weight is 293 g/mol. The summed E-state index contributed by atoms with van der Waals surface area (Å²) in [7, 11) is -3.67. The summed E-state index contributed by atoms with van der Waals surface area (Å²) in [6.45, 7) is 3.98. The number of nitrogens with two attached hydrogens (primary N) is 1. The number of sulfonamides is 1. The van der Waals surface area contributed by atoms with Crippen LogP contribution in [0.25, 0.3) is 0 Å². The molecule has 0 unspecified atom stereocenters. The summed E-state index contributed by atoms with van der Waals surface area (Å²) >= 11 is 3.37. The van der Waals surface area contributed by atoms with Gasteiger partial charge < -0.3 is 0 Å².